The van der Waals surface area contributed by atoms with Crippen LogP contribution in [0.4, 0.5) is 14.9 Å². The number of rotatable bonds is 5. The zero-order valence-electron chi connectivity index (χ0n) is 13.0. The summed E-state index contributed by atoms with van der Waals surface area (Å²) in [5.41, 5.74) is 1.69. The van der Waals surface area contributed by atoms with Crippen molar-refractivity contribution in [2.24, 2.45) is 0 Å². The fourth-order valence-electron chi connectivity index (χ4n) is 2.16. The molecule has 0 fully saturated rings. The fourth-order valence-corrected chi connectivity index (χ4v) is 2.16. The van der Waals surface area contributed by atoms with Gasteiger partial charge in [-0.05, 0) is 30.7 Å². The second kappa shape index (κ2) is 6.95. The number of amides is 2. The first-order chi connectivity index (χ1) is 11.7. The lowest BCUT2D eigenvalue weighted by Crippen LogP contribution is -2.28. The van der Waals surface area contributed by atoms with Crippen molar-refractivity contribution in [2.45, 2.75) is 19.9 Å². The maximum Gasteiger partial charge on any atom is 0.319 e. The first-order valence-corrected chi connectivity index (χ1v) is 7.44. The summed E-state index contributed by atoms with van der Waals surface area (Å²) in [4.78, 5) is 12.1. The van der Waals surface area contributed by atoms with Crippen molar-refractivity contribution in [1.82, 2.24) is 20.3 Å². The molecule has 0 saturated heterocycles. The van der Waals surface area contributed by atoms with Crippen LogP contribution in [0.1, 0.15) is 18.4 Å². The van der Waals surface area contributed by atoms with E-state index < -0.39 is 11.8 Å². The molecule has 2 aromatic heterocycles. The van der Waals surface area contributed by atoms with Crippen molar-refractivity contribution in [1.29, 1.82) is 0 Å². The molecule has 0 aliphatic rings. The molecule has 124 valence electrons. The molecule has 3 rings (SSSR count). The lowest BCUT2D eigenvalue weighted by Gasteiger charge is -2.11. The maximum atomic E-state index is 13.5. The van der Waals surface area contributed by atoms with Crippen LogP contribution in [0.15, 0.2) is 47.2 Å². The van der Waals surface area contributed by atoms with Gasteiger partial charge in [0.25, 0.3) is 0 Å². The second-order valence-electron chi connectivity index (χ2n) is 5.06. The van der Waals surface area contributed by atoms with E-state index in [4.69, 9.17) is 4.52 Å². The highest BCUT2D eigenvalue weighted by Gasteiger charge is 2.11. The highest BCUT2D eigenvalue weighted by molar-refractivity contribution is 5.91. The van der Waals surface area contributed by atoms with Gasteiger partial charge in [-0.15, -0.1) is 0 Å². The summed E-state index contributed by atoms with van der Waals surface area (Å²) >= 11 is 0. The minimum atomic E-state index is -0.483. The Morgan fingerprint density at radius 1 is 1.38 bits per heavy atom. The third-order valence-electron chi connectivity index (χ3n) is 3.35. The normalized spacial score (nSPS) is 10.6. The number of nitrogens with zero attached hydrogens (tertiary/aromatic N) is 3. The lowest BCUT2D eigenvalue weighted by atomic mass is 10.2. The highest BCUT2D eigenvalue weighted by atomic mass is 19.1. The van der Waals surface area contributed by atoms with Crippen molar-refractivity contribution in [3.05, 3.63) is 60.0 Å². The van der Waals surface area contributed by atoms with Crippen molar-refractivity contribution >= 4 is 11.7 Å². The molecule has 0 saturated carbocycles. The maximum absolute atomic E-state index is 13.5. The zero-order valence-corrected chi connectivity index (χ0v) is 13.0. The summed E-state index contributed by atoms with van der Waals surface area (Å²) in [6, 6.07) is 7.12. The minimum Gasteiger partial charge on any atom is -0.359 e. The van der Waals surface area contributed by atoms with Gasteiger partial charge in [-0.2, -0.15) is 5.10 Å². The highest BCUT2D eigenvalue weighted by Crippen LogP contribution is 2.20. The summed E-state index contributed by atoms with van der Waals surface area (Å²) in [5, 5.41) is 13.2. The number of anilines is 1. The molecule has 1 aromatic carbocycles. The van der Waals surface area contributed by atoms with Crippen molar-refractivity contribution in [2.75, 3.05) is 5.32 Å². The molecule has 2 amide bonds. The summed E-state index contributed by atoms with van der Waals surface area (Å²) in [6.07, 6.45) is 4.06. The minimum absolute atomic E-state index is 0.186. The monoisotopic (exact) mass is 329 g/mol. The Morgan fingerprint density at radius 3 is 2.96 bits per heavy atom. The number of aromatic nitrogens is 3. The third-order valence-corrected chi connectivity index (χ3v) is 3.35. The van der Waals surface area contributed by atoms with Gasteiger partial charge in [-0.1, -0.05) is 12.1 Å². The number of carbonyl (C=O) groups excluding carboxylic acids is 1. The molecule has 3 aromatic rings. The Morgan fingerprint density at radius 2 is 2.25 bits per heavy atom. The summed E-state index contributed by atoms with van der Waals surface area (Å²) in [6.45, 7) is 2.15. The van der Waals surface area contributed by atoms with Crippen LogP contribution in [0.3, 0.4) is 0 Å². The van der Waals surface area contributed by atoms with Crippen LogP contribution in [-0.2, 0) is 13.0 Å². The van der Waals surface area contributed by atoms with Crippen LogP contribution in [0.2, 0.25) is 0 Å². The predicted octanol–water partition coefficient (Wildman–Crippen LogP) is 2.88. The molecule has 2 heterocycles. The van der Waals surface area contributed by atoms with Crippen molar-refractivity contribution < 1.29 is 13.7 Å². The number of nitrogens with one attached hydrogen (secondary N) is 2. The van der Waals surface area contributed by atoms with Crippen LogP contribution < -0.4 is 10.6 Å². The van der Waals surface area contributed by atoms with Gasteiger partial charge >= 0.3 is 6.03 Å². The predicted molar refractivity (Wildman–Crippen MR) is 85.3 cm³/mol. The summed E-state index contributed by atoms with van der Waals surface area (Å²) < 4.78 is 20.1. The Labute approximate surface area is 137 Å². The molecule has 0 spiro atoms. The van der Waals surface area contributed by atoms with E-state index in [0.717, 1.165) is 12.1 Å². The Hall–Kier alpha value is -3.16. The number of carbonyl (C=O) groups is 1. The quantitative estimate of drug-likeness (QED) is 0.754. The van der Waals surface area contributed by atoms with E-state index in [1.165, 1.54) is 12.1 Å². The van der Waals surface area contributed by atoms with Crippen LogP contribution in [0.5, 0.6) is 0 Å². The van der Waals surface area contributed by atoms with Crippen LogP contribution >= 0.6 is 0 Å². The summed E-state index contributed by atoms with van der Waals surface area (Å²) in [7, 11) is 0. The summed E-state index contributed by atoms with van der Waals surface area (Å²) in [5.74, 6) is 0.0950. The largest absolute Gasteiger partial charge is 0.359 e. The third kappa shape index (κ3) is 3.60. The fraction of sp³-hybridized carbons (Fsp3) is 0.188. The topological polar surface area (TPSA) is 85.0 Å². The molecule has 0 radical (unpaired) electrons. The SMILES string of the molecule is CCc1cc(CNC(=O)Nc2cc(F)ccc2-n2cccn2)on1. The van der Waals surface area contributed by atoms with Crippen molar-refractivity contribution in [3.63, 3.8) is 0 Å². The number of aryl methyl sites for hydroxylation is 1. The molecular formula is C16H16FN5O2. The van der Waals surface area contributed by atoms with E-state index in [1.807, 2.05) is 6.92 Å². The van der Waals surface area contributed by atoms with Gasteiger partial charge in [0, 0.05) is 18.5 Å². The van der Waals surface area contributed by atoms with Gasteiger partial charge in [0.05, 0.1) is 23.6 Å². The average molecular weight is 329 g/mol. The van der Waals surface area contributed by atoms with Gasteiger partial charge in [0.2, 0.25) is 0 Å². The smallest absolute Gasteiger partial charge is 0.319 e. The zero-order chi connectivity index (χ0) is 16.9. The molecule has 0 bridgehead atoms. The molecule has 24 heavy (non-hydrogen) atoms. The van der Waals surface area contributed by atoms with Crippen LogP contribution in [0, 0.1) is 5.82 Å². The van der Waals surface area contributed by atoms with Gasteiger partial charge in [0.1, 0.15) is 5.82 Å². The molecule has 8 heteroatoms. The molecule has 0 unspecified atom stereocenters. The average Bonchev–Trinajstić information content (AvgIpc) is 3.24. The van der Waals surface area contributed by atoms with Gasteiger partial charge in [-0.3, -0.25) is 0 Å². The molecule has 0 atom stereocenters. The number of halogens is 1. The van der Waals surface area contributed by atoms with Gasteiger partial charge in [0.15, 0.2) is 5.76 Å². The molecule has 0 aliphatic carbocycles. The van der Waals surface area contributed by atoms with E-state index in [2.05, 4.69) is 20.9 Å². The number of hydrogen-bond acceptors (Lipinski definition) is 4. The van der Waals surface area contributed by atoms with E-state index in [9.17, 15) is 9.18 Å². The molecule has 2 N–H and O–H groups in total. The Kier molecular flexibility index (Phi) is 4.55. The number of urea groups is 1. The molecule has 0 aliphatic heterocycles. The van der Waals surface area contributed by atoms with Crippen LogP contribution in [0.25, 0.3) is 5.69 Å². The van der Waals surface area contributed by atoms with Gasteiger partial charge < -0.3 is 15.2 Å². The van der Waals surface area contributed by atoms with Crippen LogP contribution in [-0.4, -0.2) is 21.0 Å². The number of benzene rings is 1. The van der Waals surface area contributed by atoms with E-state index in [1.54, 1.807) is 35.3 Å². The lowest BCUT2D eigenvalue weighted by molar-refractivity contribution is 0.250. The molecular weight excluding hydrogens is 313 g/mol. The first-order valence-electron chi connectivity index (χ1n) is 7.44. The molecule has 7 nitrogen and oxygen atoms in total. The van der Waals surface area contributed by atoms with Gasteiger partial charge in [-0.25, -0.2) is 13.9 Å². The van der Waals surface area contributed by atoms with E-state index in [0.29, 0.717) is 17.1 Å². The van der Waals surface area contributed by atoms with Crippen molar-refractivity contribution in [3.8, 4) is 5.69 Å². The number of hydrogen-bond donors (Lipinski definition) is 2. The van der Waals surface area contributed by atoms with E-state index in [-0.39, 0.29) is 6.54 Å². The second-order valence-corrected chi connectivity index (χ2v) is 5.06. The first kappa shape index (κ1) is 15.7. The van der Waals surface area contributed by atoms with E-state index >= 15 is 0 Å². The Balaban J connectivity index is 1.68. The Bertz CT molecular complexity index is 829. The standard InChI is InChI=1S/C16H16FN5O2/c1-2-12-9-13(24-21-12)10-18-16(23)20-14-8-11(17)4-5-15(14)22-7-3-6-19-22/h3-9H,2,10H2,1H3,(H2,18,20,23).